The van der Waals surface area contributed by atoms with Gasteiger partial charge in [-0.2, -0.15) is 0 Å². The van der Waals surface area contributed by atoms with Gasteiger partial charge in [0.25, 0.3) is 0 Å². The monoisotopic (exact) mass is 227 g/mol. The minimum absolute atomic E-state index is 0.00495. The molecule has 1 N–H and O–H groups in total. The second kappa shape index (κ2) is 4.11. The highest BCUT2D eigenvalue weighted by atomic mass is 35.5. The van der Waals surface area contributed by atoms with E-state index in [4.69, 9.17) is 11.6 Å². The normalized spacial score (nSPS) is 17.8. The first-order valence-electron chi connectivity index (χ1n) is 5.35. The van der Waals surface area contributed by atoms with Crippen molar-refractivity contribution < 1.29 is 4.39 Å². The molecule has 0 aliphatic heterocycles. The van der Waals surface area contributed by atoms with Crippen molar-refractivity contribution in [2.75, 3.05) is 13.1 Å². The predicted molar refractivity (Wildman–Crippen MR) is 60.9 cm³/mol. The predicted octanol–water partition coefficient (Wildman–Crippen LogP) is 3.12. The molecule has 0 amide bonds. The third kappa shape index (κ3) is 2.01. The van der Waals surface area contributed by atoms with E-state index in [0.29, 0.717) is 0 Å². The summed E-state index contributed by atoms with van der Waals surface area (Å²) in [6.45, 7) is 3.83. The summed E-state index contributed by atoms with van der Waals surface area (Å²) in [6, 6.07) is 5.28. The summed E-state index contributed by atoms with van der Waals surface area (Å²) < 4.78 is 13.8. The van der Waals surface area contributed by atoms with Gasteiger partial charge in [-0.3, -0.25) is 0 Å². The molecule has 1 aliphatic carbocycles. The molecule has 0 saturated heterocycles. The highest BCUT2D eigenvalue weighted by Crippen LogP contribution is 2.49. The van der Waals surface area contributed by atoms with E-state index in [0.717, 1.165) is 31.5 Å². The van der Waals surface area contributed by atoms with Crippen LogP contribution in [0.2, 0.25) is 5.02 Å². The van der Waals surface area contributed by atoms with Gasteiger partial charge in [0.2, 0.25) is 0 Å². The van der Waals surface area contributed by atoms with E-state index in [9.17, 15) is 4.39 Å². The molecule has 0 aromatic heterocycles. The molecule has 0 radical (unpaired) electrons. The number of hydrogen-bond donors (Lipinski definition) is 1. The Balaban J connectivity index is 2.25. The van der Waals surface area contributed by atoms with Crippen LogP contribution in [-0.4, -0.2) is 13.1 Å². The molecule has 0 bridgehead atoms. The Morgan fingerprint density at radius 1 is 1.47 bits per heavy atom. The molecule has 0 unspecified atom stereocenters. The molecular weight excluding hydrogens is 213 g/mol. The number of rotatable bonds is 4. The molecule has 0 heterocycles. The fourth-order valence-corrected chi connectivity index (χ4v) is 2.14. The van der Waals surface area contributed by atoms with Crippen LogP contribution in [0.1, 0.15) is 25.3 Å². The molecule has 1 fully saturated rings. The van der Waals surface area contributed by atoms with Crippen LogP contribution in [0.15, 0.2) is 18.2 Å². The Morgan fingerprint density at radius 2 is 2.20 bits per heavy atom. The fraction of sp³-hybridized carbons (Fsp3) is 0.500. The van der Waals surface area contributed by atoms with Gasteiger partial charge < -0.3 is 5.32 Å². The van der Waals surface area contributed by atoms with E-state index in [2.05, 4.69) is 12.2 Å². The van der Waals surface area contributed by atoms with Crippen molar-refractivity contribution >= 4 is 11.6 Å². The van der Waals surface area contributed by atoms with Gasteiger partial charge in [0.05, 0.1) is 5.02 Å². The highest BCUT2D eigenvalue weighted by Gasteiger charge is 2.45. The molecule has 0 spiro atoms. The van der Waals surface area contributed by atoms with Crippen molar-refractivity contribution in [1.29, 1.82) is 0 Å². The maximum absolute atomic E-state index is 13.8. The summed E-state index contributed by atoms with van der Waals surface area (Å²) in [6.07, 6.45) is 2.11. The van der Waals surface area contributed by atoms with Gasteiger partial charge in [-0.05, 0) is 31.0 Å². The number of nitrogens with one attached hydrogen (secondary N) is 1. The maximum atomic E-state index is 13.8. The number of halogens is 2. The Morgan fingerprint density at radius 3 is 2.80 bits per heavy atom. The van der Waals surface area contributed by atoms with E-state index in [1.807, 2.05) is 12.1 Å². The molecule has 82 valence electrons. The Kier molecular flexibility index (Phi) is 2.98. The molecule has 1 nitrogen and oxygen atoms in total. The van der Waals surface area contributed by atoms with Gasteiger partial charge in [-0.1, -0.05) is 30.7 Å². The molecule has 2 rings (SSSR count). The molecule has 3 heteroatoms. The zero-order valence-corrected chi connectivity index (χ0v) is 9.57. The molecule has 15 heavy (non-hydrogen) atoms. The smallest absolute Gasteiger partial charge is 0.145 e. The van der Waals surface area contributed by atoms with E-state index < -0.39 is 0 Å². The van der Waals surface area contributed by atoms with Crippen LogP contribution in [0.3, 0.4) is 0 Å². The van der Waals surface area contributed by atoms with Gasteiger partial charge >= 0.3 is 0 Å². The first-order valence-corrected chi connectivity index (χ1v) is 5.72. The third-order valence-corrected chi connectivity index (χ3v) is 3.38. The largest absolute Gasteiger partial charge is 0.316 e. The number of benzene rings is 1. The molecular formula is C12H15ClFN. The van der Waals surface area contributed by atoms with E-state index >= 15 is 0 Å². The lowest BCUT2D eigenvalue weighted by molar-refractivity contribution is 0.539. The third-order valence-electron chi connectivity index (χ3n) is 3.09. The van der Waals surface area contributed by atoms with Crippen molar-refractivity contribution in [3.8, 4) is 0 Å². The lowest BCUT2D eigenvalue weighted by Gasteiger charge is -2.17. The molecule has 1 aromatic carbocycles. The molecule has 1 aromatic rings. The van der Waals surface area contributed by atoms with E-state index in [1.54, 1.807) is 6.07 Å². The Bertz CT molecular complexity index is 361. The zero-order valence-electron chi connectivity index (χ0n) is 8.82. The van der Waals surface area contributed by atoms with Crippen LogP contribution in [0, 0.1) is 5.82 Å². The van der Waals surface area contributed by atoms with Gasteiger partial charge in [0, 0.05) is 12.0 Å². The number of hydrogen-bond acceptors (Lipinski definition) is 1. The van der Waals surface area contributed by atoms with Crippen LogP contribution in [0.4, 0.5) is 4.39 Å². The average Bonchev–Trinajstić information content (AvgIpc) is 3.00. The quantitative estimate of drug-likeness (QED) is 0.834. The molecule has 1 aliphatic rings. The maximum Gasteiger partial charge on any atom is 0.145 e. The number of likely N-dealkylation sites (N-methyl/N-ethyl adjacent to an activating group) is 1. The van der Waals surface area contributed by atoms with Crippen molar-refractivity contribution in [2.24, 2.45) is 0 Å². The van der Waals surface area contributed by atoms with Crippen molar-refractivity contribution in [2.45, 2.75) is 25.2 Å². The van der Waals surface area contributed by atoms with Crippen LogP contribution in [-0.2, 0) is 5.41 Å². The minimum atomic E-state index is -0.241. The van der Waals surface area contributed by atoms with Gasteiger partial charge in [-0.15, -0.1) is 0 Å². The van der Waals surface area contributed by atoms with Crippen LogP contribution >= 0.6 is 11.6 Å². The van der Waals surface area contributed by atoms with Gasteiger partial charge in [0.15, 0.2) is 0 Å². The SMILES string of the molecule is CCNCC1(c2cccc(Cl)c2F)CC1. The topological polar surface area (TPSA) is 12.0 Å². The summed E-state index contributed by atoms with van der Waals surface area (Å²) >= 11 is 5.79. The summed E-state index contributed by atoms with van der Waals surface area (Å²) in [5.74, 6) is -0.241. The second-order valence-electron chi connectivity index (χ2n) is 4.16. The fourth-order valence-electron chi connectivity index (χ4n) is 1.97. The van der Waals surface area contributed by atoms with Gasteiger partial charge in [-0.25, -0.2) is 4.39 Å². The van der Waals surface area contributed by atoms with E-state index in [-0.39, 0.29) is 16.3 Å². The first kappa shape index (κ1) is 10.9. The van der Waals surface area contributed by atoms with Crippen LogP contribution in [0.25, 0.3) is 0 Å². The molecule has 1 saturated carbocycles. The molecule has 0 atom stereocenters. The van der Waals surface area contributed by atoms with Crippen LogP contribution < -0.4 is 5.32 Å². The first-order chi connectivity index (χ1) is 7.19. The Labute approximate surface area is 94.6 Å². The van der Waals surface area contributed by atoms with Crippen LogP contribution in [0.5, 0.6) is 0 Å². The second-order valence-corrected chi connectivity index (χ2v) is 4.57. The Hall–Kier alpha value is -0.600. The summed E-state index contributed by atoms with van der Waals surface area (Å²) in [5, 5.41) is 3.52. The van der Waals surface area contributed by atoms with E-state index in [1.165, 1.54) is 0 Å². The minimum Gasteiger partial charge on any atom is -0.316 e. The van der Waals surface area contributed by atoms with Crippen molar-refractivity contribution in [3.63, 3.8) is 0 Å². The van der Waals surface area contributed by atoms with Gasteiger partial charge in [0.1, 0.15) is 5.82 Å². The lowest BCUT2D eigenvalue weighted by Crippen LogP contribution is -2.27. The zero-order chi connectivity index (χ0) is 10.9. The average molecular weight is 228 g/mol. The highest BCUT2D eigenvalue weighted by molar-refractivity contribution is 6.30. The van der Waals surface area contributed by atoms with Crippen molar-refractivity contribution in [3.05, 3.63) is 34.6 Å². The summed E-state index contributed by atoms with van der Waals surface area (Å²) in [5.41, 5.74) is 0.779. The van der Waals surface area contributed by atoms with Crippen molar-refractivity contribution in [1.82, 2.24) is 5.32 Å². The summed E-state index contributed by atoms with van der Waals surface area (Å²) in [4.78, 5) is 0. The standard InChI is InChI=1S/C12H15ClFN/c1-2-15-8-12(6-7-12)9-4-3-5-10(13)11(9)14/h3-5,15H,2,6-8H2,1H3. The summed E-state index contributed by atoms with van der Waals surface area (Å²) in [7, 11) is 0. The lowest BCUT2D eigenvalue weighted by atomic mass is 9.95.